The molecule has 2 amide bonds. The van der Waals surface area contributed by atoms with Crippen molar-refractivity contribution in [3.63, 3.8) is 0 Å². The minimum absolute atomic E-state index is 0.162. The summed E-state index contributed by atoms with van der Waals surface area (Å²) in [6.45, 7) is 2.99. The lowest BCUT2D eigenvalue weighted by Gasteiger charge is -2.15. The number of benzene rings is 2. The zero-order valence-electron chi connectivity index (χ0n) is 15.4. The Morgan fingerprint density at radius 2 is 1.93 bits per heavy atom. The molecule has 3 aromatic rings. The van der Waals surface area contributed by atoms with E-state index in [1.165, 1.54) is 0 Å². The third-order valence-electron chi connectivity index (χ3n) is 4.42. The van der Waals surface area contributed by atoms with Crippen LogP contribution < -0.4 is 10.6 Å². The van der Waals surface area contributed by atoms with E-state index in [1.807, 2.05) is 59.4 Å². The molecule has 0 unspecified atom stereocenters. The van der Waals surface area contributed by atoms with Crippen LogP contribution in [0.15, 0.2) is 60.9 Å². The molecule has 3 rings (SSSR count). The second-order valence-corrected chi connectivity index (χ2v) is 6.52. The van der Waals surface area contributed by atoms with Crippen molar-refractivity contribution < 1.29 is 9.59 Å². The molecular weight excluding hydrogens is 340 g/mol. The first kappa shape index (κ1) is 18.6. The summed E-state index contributed by atoms with van der Waals surface area (Å²) in [7, 11) is 0. The van der Waals surface area contributed by atoms with Crippen molar-refractivity contribution in [3.05, 3.63) is 66.5 Å². The van der Waals surface area contributed by atoms with E-state index in [2.05, 4.69) is 15.7 Å². The Morgan fingerprint density at radius 3 is 2.74 bits per heavy atom. The van der Waals surface area contributed by atoms with Crippen LogP contribution in [0.3, 0.4) is 0 Å². The van der Waals surface area contributed by atoms with Gasteiger partial charge in [-0.3, -0.25) is 14.3 Å². The Morgan fingerprint density at radius 1 is 1.11 bits per heavy atom. The van der Waals surface area contributed by atoms with Crippen molar-refractivity contribution in [3.8, 4) is 0 Å². The summed E-state index contributed by atoms with van der Waals surface area (Å²) >= 11 is 0. The number of hydrogen-bond donors (Lipinski definition) is 2. The minimum Gasteiger partial charge on any atom is -0.354 e. The number of carbonyl (C=O) groups is 2. The molecule has 1 aromatic heterocycles. The summed E-state index contributed by atoms with van der Waals surface area (Å²) in [5.41, 5.74) is 0.956. The van der Waals surface area contributed by atoms with Gasteiger partial charge >= 0.3 is 0 Å². The molecule has 0 spiro atoms. The van der Waals surface area contributed by atoms with E-state index in [0.29, 0.717) is 6.54 Å². The lowest BCUT2D eigenvalue weighted by Crippen LogP contribution is -2.45. The monoisotopic (exact) mass is 364 g/mol. The Hall–Kier alpha value is -3.15. The molecule has 0 bridgehead atoms. The molecule has 6 nitrogen and oxygen atoms in total. The average Bonchev–Trinajstić information content (AvgIpc) is 3.19. The SMILES string of the molecule is C[C@@H](NC(=O)Cc1cccc2ccccc12)C(=O)NCCCn1cccn1. The second-order valence-electron chi connectivity index (χ2n) is 6.52. The molecule has 0 fully saturated rings. The highest BCUT2D eigenvalue weighted by Gasteiger charge is 2.16. The third kappa shape index (κ3) is 5.17. The van der Waals surface area contributed by atoms with Crippen LogP contribution in [-0.4, -0.2) is 34.2 Å². The van der Waals surface area contributed by atoms with Crippen LogP contribution in [0.1, 0.15) is 18.9 Å². The van der Waals surface area contributed by atoms with Crippen molar-refractivity contribution in [1.82, 2.24) is 20.4 Å². The fourth-order valence-electron chi connectivity index (χ4n) is 3.02. The first-order valence-corrected chi connectivity index (χ1v) is 9.14. The van der Waals surface area contributed by atoms with Crippen molar-refractivity contribution in [2.75, 3.05) is 6.54 Å². The van der Waals surface area contributed by atoms with Gasteiger partial charge in [0, 0.05) is 25.5 Å². The normalized spacial score (nSPS) is 11.9. The van der Waals surface area contributed by atoms with Gasteiger partial charge in [0.25, 0.3) is 0 Å². The molecular formula is C21H24N4O2. The standard InChI is InChI=1S/C21H24N4O2/c1-16(21(27)22-11-5-13-25-14-6-12-23-25)24-20(26)15-18-9-4-8-17-7-2-3-10-19(17)18/h2-4,6-10,12,14,16H,5,11,13,15H2,1H3,(H,22,27)(H,24,26)/t16-/m1/s1. The molecule has 27 heavy (non-hydrogen) atoms. The second kappa shape index (κ2) is 8.98. The molecule has 2 aromatic carbocycles. The van der Waals surface area contributed by atoms with E-state index in [1.54, 1.807) is 13.1 Å². The summed E-state index contributed by atoms with van der Waals surface area (Å²) < 4.78 is 1.82. The molecule has 0 aliphatic heterocycles. The predicted molar refractivity (Wildman–Crippen MR) is 105 cm³/mol. The third-order valence-corrected chi connectivity index (χ3v) is 4.42. The summed E-state index contributed by atoms with van der Waals surface area (Å²) in [4.78, 5) is 24.5. The van der Waals surface area contributed by atoms with Gasteiger partial charge < -0.3 is 10.6 Å². The average molecular weight is 364 g/mol. The van der Waals surface area contributed by atoms with Gasteiger partial charge in [0.05, 0.1) is 6.42 Å². The molecule has 0 saturated carbocycles. The predicted octanol–water partition coefficient (Wildman–Crippen LogP) is 2.29. The fraction of sp³-hybridized carbons (Fsp3) is 0.286. The van der Waals surface area contributed by atoms with Crippen molar-refractivity contribution >= 4 is 22.6 Å². The maximum Gasteiger partial charge on any atom is 0.242 e. The van der Waals surface area contributed by atoms with Gasteiger partial charge in [0.15, 0.2) is 0 Å². The molecule has 0 saturated heterocycles. The van der Waals surface area contributed by atoms with Gasteiger partial charge in [-0.1, -0.05) is 42.5 Å². The van der Waals surface area contributed by atoms with Crippen molar-refractivity contribution in [1.29, 1.82) is 0 Å². The number of amides is 2. The lowest BCUT2D eigenvalue weighted by atomic mass is 10.0. The zero-order valence-corrected chi connectivity index (χ0v) is 15.4. The molecule has 140 valence electrons. The maximum atomic E-state index is 12.4. The fourth-order valence-corrected chi connectivity index (χ4v) is 3.02. The maximum absolute atomic E-state index is 12.4. The van der Waals surface area contributed by atoms with E-state index in [0.717, 1.165) is 29.3 Å². The van der Waals surface area contributed by atoms with Gasteiger partial charge in [-0.2, -0.15) is 5.10 Å². The molecule has 1 heterocycles. The first-order chi connectivity index (χ1) is 13.1. The summed E-state index contributed by atoms with van der Waals surface area (Å²) in [6.07, 6.45) is 4.65. The highest BCUT2D eigenvalue weighted by Crippen LogP contribution is 2.18. The smallest absolute Gasteiger partial charge is 0.242 e. The first-order valence-electron chi connectivity index (χ1n) is 9.14. The largest absolute Gasteiger partial charge is 0.354 e. The van der Waals surface area contributed by atoms with Gasteiger partial charge in [-0.05, 0) is 35.7 Å². The number of nitrogens with one attached hydrogen (secondary N) is 2. The van der Waals surface area contributed by atoms with Crippen LogP contribution in [0.2, 0.25) is 0 Å². The van der Waals surface area contributed by atoms with Gasteiger partial charge in [0.2, 0.25) is 11.8 Å². The summed E-state index contributed by atoms with van der Waals surface area (Å²) in [5, 5.41) is 11.9. The van der Waals surface area contributed by atoms with E-state index >= 15 is 0 Å². The van der Waals surface area contributed by atoms with Crippen LogP contribution in [0.5, 0.6) is 0 Å². The molecule has 1 atom stereocenters. The Labute approximate surface area is 158 Å². The number of aromatic nitrogens is 2. The van der Waals surface area contributed by atoms with Crippen molar-refractivity contribution in [2.45, 2.75) is 32.4 Å². The highest BCUT2D eigenvalue weighted by molar-refractivity contribution is 5.92. The van der Waals surface area contributed by atoms with Crippen LogP contribution >= 0.6 is 0 Å². The topological polar surface area (TPSA) is 76.0 Å². The number of fused-ring (bicyclic) bond motifs is 1. The zero-order chi connectivity index (χ0) is 19.1. The minimum atomic E-state index is -0.572. The highest BCUT2D eigenvalue weighted by atomic mass is 16.2. The Balaban J connectivity index is 1.46. The number of hydrogen-bond acceptors (Lipinski definition) is 3. The molecule has 2 N–H and O–H groups in total. The van der Waals surface area contributed by atoms with E-state index < -0.39 is 6.04 Å². The van der Waals surface area contributed by atoms with Crippen molar-refractivity contribution in [2.24, 2.45) is 0 Å². The Kier molecular flexibility index (Phi) is 6.20. The number of rotatable bonds is 8. The quantitative estimate of drug-likeness (QED) is 0.602. The summed E-state index contributed by atoms with van der Waals surface area (Å²) in [6, 6.07) is 15.2. The Bertz CT molecular complexity index is 900. The summed E-state index contributed by atoms with van der Waals surface area (Å²) in [5.74, 6) is -0.340. The molecule has 0 aliphatic carbocycles. The van der Waals surface area contributed by atoms with Crippen LogP contribution in [0.4, 0.5) is 0 Å². The van der Waals surface area contributed by atoms with E-state index in [9.17, 15) is 9.59 Å². The van der Waals surface area contributed by atoms with Crippen LogP contribution in [0, 0.1) is 0 Å². The molecule has 0 radical (unpaired) electrons. The van der Waals surface area contributed by atoms with Gasteiger partial charge in [0.1, 0.15) is 6.04 Å². The van der Waals surface area contributed by atoms with Gasteiger partial charge in [-0.15, -0.1) is 0 Å². The van der Waals surface area contributed by atoms with Gasteiger partial charge in [-0.25, -0.2) is 0 Å². The van der Waals surface area contributed by atoms with Crippen LogP contribution in [0.25, 0.3) is 10.8 Å². The van der Waals surface area contributed by atoms with E-state index in [4.69, 9.17) is 0 Å². The number of aryl methyl sites for hydroxylation is 1. The van der Waals surface area contributed by atoms with E-state index in [-0.39, 0.29) is 18.2 Å². The number of carbonyl (C=O) groups excluding carboxylic acids is 2. The van der Waals surface area contributed by atoms with Crippen LogP contribution in [-0.2, 0) is 22.6 Å². The lowest BCUT2D eigenvalue weighted by molar-refractivity contribution is -0.128. The number of nitrogens with zero attached hydrogens (tertiary/aromatic N) is 2. The molecule has 6 heteroatoms. The molecule has 0 aliphatic rings.